The summed E-state index contributed by atoms with van der Waals surface area (Å²) in [5.74, 6) is -3.28. The third kappa shape index (κ3) is 4.45. The number of rotatable bonds is 8. The molecule has 2 aliphatic carbocycles. The number of pyridine rings is 2. The number of thiophene rings is 1. The Balaban J connectivity index is 1.15. The summed E-state index contributed by atoms with van der Waals surface area (Å²) in [6.45, 7) is 0.638. The SMILES string of the molecule is COc1cccc2c1CC(F)(F)[C@H]2Nc1nccc2cc(-c3c4c(nc(CCc5ccc(F)cc5)c3-c3n[nH]c(=O)o3)C35CC(CN3C4=O)C5)sc12. The molecule has 1 atom stereocenters. The Kier molecular flexibility index (Phi) is 6.61. The number of carbonyl (C=O) groups excluding carboxylic acids is 1. The Morgan fingerprint density at radius 1 is 1.08 bits per heavy atom. The quantitative estimate of drug-likeness (QED) is 0.171. The van der Waals surface area contributed by atoms with Gasteiger partial charge in [-0.1, -0.05) is 24.3 Å². The average molecular weight is 723 g/mol. The maximum absolute atomic E-state index is 15.7. The van der Waals surface area contributed by atoms with E-state index in [9.17, 15) is 14.0 Å². The Hall–Kier alpha value is -5.50. The zero-order chi connectivity index (χ0) is 35.5. The van der Waals surface area contributed by atoms with Crippen LogP contribution in [0.25, 0.3) is 32.0 Å². The van der Waals surface area contributed by atoms with Crippen LogP contribution in [0.15, 0.2) is 70.0 Å². The van der Waals surface area contributed by atoms with Gasteiger partial charge in [0, 0.05) is 35.2 Å². The number of methoxy groups -OCH3 is 1. The maximum Gasteiger partial charge on any atom is 0.434 e. The van der Waals surface area contributed by atoms with Crippen LogP contribution in [0.3, 0.4) is 0 Å². The van der Waals surface area contributed by atoms with Crippen LogP contribution in [-0.4, -0.2) is 50.5 Å². The van der Waals surface area contributed by atoms with Gasteiger partial charge in [0.25, 0.3) is 17.7 Å². The number of hydrogen-bond donors (Lipinski definition) is 2. The van der Waals surface area contributed by atoms with Gasteiger partial charge in [-0.25, -0.2) is 28.0 Å². The number of H-pyrrole nitrogens is 1. The van der Waals surface area contributed by atoms with E-state index in [-0.39, 0.29) is 23.4 Å². The largest absolute Gasteiger partial charge is 0.496 e. The van der Waals surface area contributed by atoms with Crippen LogP contribution in [-0.2, 0) is 24.8 Å². The van der Waals surface area contributed by atoms with Crippen molar-refractivity contribution in [2.45, 2.75) is 49.6 Å². The highest BCUT2D eigenvalue weighted by atomic mass is 32.1. The molecule has 1 amide bonds. The van der Waals surface area contributed by atoms with Gasteiger partial charge in [0.2, 0.25) is 0 Å². The number of halogens is 3. The number of aryl methyl sites for hydroxylation is 2. The average Bonchev–Trinajstić information content (AvgIpc) is 3.96. The van der Waals surface area contributed by atoms with Crippen LogP contribution in [0.4, 0.5) is 19.0 Å². The predicted molar refractivity (Wildman–Crippen MR) is 186 cm³/mol. The summed E-state index contributed by atoms with van der Waals surface area (Å²) in [6.07, 6.45) is 3.60. The van der Waals surface area contributed by atoms with Gasteiger partial charge in [0.05, 0.1) is 39.9 Å². The third-order valence-electron chi connectivity index (χ3n) is 11.1. The fraction of sp³-hybridized carbons (Fsp3) is 0.289. The van der Waals surface area contributed by atoms with Gasteiger partial charge in [0.15, 0.2) is 0 Å². The summed E-state index contributed by atoms with van der Waals surface area (Å²) in [7, 11) is 1.47. The number of nitrogens with zero attached hydrogens (tertiary/aromatic N) is 4. The minimum absolute atomic E-state index is 0.0154. The van der Waals surface area contributed by atoms with E-state index in [2.05, 4.69) is 20.5 Å². The molecular weight excluding hydrogens is 694 g/mol. The van der Waals surface area contributed by atoms with Gasteiger partial charge >= 0.3 is 5.76 Å². The van der Waals surface area contributed by atoms with Crippen molar-refractivity contribution in [1.82, 2.24) is 25.1 Å². The molecule has 4 aromatic heterocycles. The molecule has 0 unspecified atom stereocenters. The van der Waals surface area contributed by atoms with Gasteiger partial charge in [0.1, 0.15) is 23.4 Å². The first kappa shape index (κ1) is 31.3. The number of fused-ring (bicyclic) bond motifs is 3. The predicted octanol–water partition coefficient (Wildman–Crippen LogP) is 7.05. The lowest BCUT2D eigenvalue weighted by atomic mass is 9.71. The summed E-state index contributed by atoms with van der Waals surface area (Å²) in [5, 5.41) is 10.3. The minimum Gasteiger partial charge on any atom is -0.496 e. The molecular formula is C38H29F3N6O4S. The molecule has 7 heterocycles. The molecule has 14 heteroatoms. The fourth-order valence-corrected chi connectivity index (χ4v) is 9.97. The lowest BCUT2D eigenvalue weighted by Crippen LogP contribution is -2.40. The number of amides is 1. The molecule has 2 aromatic carbocycles. The van der Waals surface area contributed by atoms with Crippen molar-refractivity contribution < 1.29 is 27.1 Å². The van der Waals surface area contributed by atoms with Crippen LogP contribution in [0.2, 0.25) is 0 Å². The van der Waals surface area contributed by atoms with Gasteiger partial charge in [-0.05, 0) is 78.4 Å². The van der Waals surface area contributed by atoms with E-state index in [0.29, 0.717) is 79.8 Å². The first-order chi connectivity index (χ1) is 25.1. The van der Waals surface area contributed by atoms with E-state index in [0.717, 1.165) is 23.8 Å². The van der Waals surface area contributed by atoms with Gasteiger partial charge in [-0.15, -0.1) is 16.4 Å². The van der Waals surface area contributed by atoms with Crippen molar-refractivity contribution in [1.29, 1.82) is 0 Å². The first-order valence-electron chi connectivity index (χ1n) is 17.0. The summed E-state index contributed by atoms with van der Waals surface area (Å²) >= 11 is 1.31. The molecule has 3 fully saturated rings. The second-order valence-electron chi connectivity index (χ2n) is 14.0. The minimum atomic E-state index is -3.12. The summed E-state index contributed by atoms with van der Waals surface area (Å²) in [6, 6.07) is 13.6. The normalized spacial score (nSPS) is 22.0. The molecule has 2 bridgehead atoms. The van der Waals surface area contributed by atoms with Gasteiger partial charge in [-0.3, -0.25) is 9.78 Å². The molecule has 262 valence electrons. The summed E-state index contributed by atoms with van der Waals surface area (Å²) in [5.41, 5.74) is 3.91. The van der Waals surface area contributed by atoms with Crippen LogP contribution in [0.1, 0.15) is 57.3 Å². The Morgan fingerprint density at radius 3 is 2.67 bits per heavy atom. The van der Waals surface area contributed by atoms with E-state index in [1.807, 2.05) is 11.0 Å². The van der Waals surface area contributed by atoms with Crippen LogP contribution < -0.4 is 15.8 Å². The lowest BCUT2D eigenvalue weighted by Gasteiger charge is -2.37. The highest BCUT2D eigenvalue weighted by Crippen LogP contribution is 2.63. The molecule has 0 radical (unpaired) electrons. The topological polar surface area (TPSA) is 126 Å². The first-order valence-corrected chi connectivity index (χ1v) is 17.8. The number of hydrogen-bond acceptors (Lipinski definition) is 9. The van der Waals surface area contributed by atoms with Crippen molar-refractivity contribution in [2.24, 2.45) is 5.92 Å². The third-order valence-corrected chi connectivity index (χ3v) is 12.3. The van der Waals surface area contributed by atoms with Crippen LogP contribution in [0, 0.1) is 11.7 Å². The number of ether oxygens (including phenoxy) is 1. The van der Waals surface area contributed by atoms with E-state index >= 15 is 8.78 Å². The Morgan fingerprint density at radius 2 is 1.90 bits per heavy atom. The zero-order valence-corrected chi connectivity index (χ0v) is 28.5. The molecule has 5 aliphatic rings. The lowest BCUT2D eigenvalue weighted by molar-refractivity contribution is -0.00734. The van der Waals surface area contributed by atoms with Crippen molar-refractivity contribution in [2.75, 3.05) is 19.0 Å². The molecule has 1 spiro atoms. The van der Waals surface area contributed by atoms with Crippen molar-refractivity contribution >= 4 is 33.1 Å². The molecule has 3 aliphatic heterocycles. The highest BCUT2D eigenvalue weighted by Gasteiger charge is 2.65. The fourth-order valence-electron chi connectivity index (χ4n) is 8.81. The molecule has 2 saturated heterocycles. The van der Waals surface area contributed by atoms with Gasteiger partial charge < -0.3 is 19.4 Å². The second-order valence-corrected chi connectivity index (χ2v) is 15.1. The Bertz CT molecular complexity index is 2520. The number of benzene rings is 2. The van der Waals surface area contributed by atoms with E-state index in [4.69, 9.17) is 14.1 Å². The van der Waals surface area contributed by atoms with E-state index in [1.165, 1.54) is 30.6 Å². The van der Waals surface area contributed by atoms with Crippen molar-refractivity contribution in [3.8, 4) is 27.6 Å². The monoisotopic (exact) mass is 722 g/mol. The summed E-state index contributed by atoms with van der Waals surface area (Å²) in [4.78, 5) is 39.0. The summed E-state index contributed by atoms with van der Waals surface area (Å²) < 4.78 is 56.7. The van der Waals surface area contributed by atoms with Crippen LogP contribution >= 0.6 is 11.3 Å². The van der Waals surface area contributed by atoms with Crippen molar-refractivity contribution in [3.63, 3.8) is 0 Å². The zero-order valence-electron chi connectivity index (χ0n) is 27.6. The second kappa shape index (κ2) is 11.0. The number of alkyl halides is 2. The number of anilines is 1. The molecule has 11 rings (SSSR count). The maximum atomic E-state index is 15.7. The van der Waals surface area contributed by atoms with Gasteiger partial charge in [-0.2, -0.15) is 0 Å². The standard InChI is InChI=1S/C38H29F3N6O4S/c1-50-25-4-2-3-22-23(25)16-38(40,41)31(22)44-33-30-20(11-12-42-33)13-26(52-30)28-27(34-45-46-36(49)51-34)24(10-7-18-5-8-21(39)9-6-18)43-32-29(28)35(48)47-17-19-14-37(32,47)15-19/h2-6,8-9,11-13,19,31H,7,10,14-17H2,1H3,(H,42,44)(H,46,49)/t19?,31-,37?/m0/s1. The van der Waals surface area contributed by atoms with Crippen molar-refractivity contribution in [3.05, 3.63) is 111 Å². The molecule has 1 saturated carbocycles. The molecule has 6 aromatic rings. The van der Waals surface area contributed by atoms with E-state index < -0.39 is 29.7 Å². The molecule has 2 N–H and O–H groups in total. The van der Waals surface area contributed by atoms with Crippen LogP contribution in [0.5, 0.6) is 5.75 Å². The molecule has 10 nitrogen and oxygen atoms in total. The number of carbonyl (C=O) groups is 1. The number of aromatic amines is 1. The number of nitrogens with one attached hydrogen (secondary N) is 2. The molecule has 52 heavy (non-hydrogen) atoms. The smallest absolute Gasteiger partial charge is 0.434 e. The highest BCUT2D eigenvalue weighted by molar-refractivity contribution is 7.23. The Labute approximate surface area is 297 Å². The van der Waals surface area contributed by atoms with E-state index in [1.54, 1.807) is 42.6 Å². The number of aromatic nitrogens is 4.